The highest BCUT2D eigenvalue weighted by Gasteiger charge is 2.08. The molecule has 24 heavy (non-hydrogen) atoms. The van der Waals surface area contributed by atoms with Crippen LogP contribution in [-0.2, 0) is 0 Å². The number of hydrogen-bond acceptors (Lipinski definition) is 5. The van der Waals surface area contributed by atoms with Crippen LogP contribution in [-0.4, -0.2) is 24.4 Å². The monoisotopic (exact) mass is 327 g/mol. The fraction of sp³-hybridized carbons (Fsp3) is 0.167. The minimum atomic E-state index is -0.504. The molecule has 0 amide bonds. The highest BCUT2D eigenvalue weighted by molar-refractivity contribution is 6.06. The van der Waals surface area contributed by atoms with Crippen LogP contribution >= 0.6 is 0 Å². The first-order chi connectivity index (χ1) is 11.5. The molecule has 6 nitrogen and oxygen atoms in total. The van der Waals surface area contributed by atoms with Gasteiger partial charge in [-0.25, -0.2) is 0 Å². The van der Waals surface area contributed by atoms with Gasteiger partial charge in [-0.2, -0.15) is 0 Å². The Hall–Kier alpha value is -3.15. The molecule has 0 fully saturated rings. The van der Waals surface area contributed by atoms with Gasteiger partial charge in [0, 0.05) is 17.7 Å². The number of hydrogen-bond donors (Lipinski definition) is 0. The Morgan fingerprint density at radius 2 is 1.88 bits per heavy atom. The molecule has 0 N–H and O–H groups in total. The fourth-order valence-electron chi connectivity index (χ4n) is 2.08. The molecule has 0 aliphatic carbocycles. The molecule has 0 spiro atoms. The number of carbonyl (C=O) groups is 1. The molecule has 0 saturated heterocycles. The minimum absolute atomic E-state index is 0.0493. The Kier molecular flexibility index (Phi) is 5.68. The van der Waals surface area contributed by atoms with Gasteiger partial charge in [0.15, 0.2) is 17.3 Å². The number of methoxy groups -OCH3 is 1. The van der Waals surface area contributed by atoms with Crippen molar-refractivity contribution in [3.05, 3.63) is 69.8 Å². The van der Waals surface area contributed by atoms with Gasteiger partial charge in [0.1, 0.15) is 0 Å². The van der Waals surface area contributed by atoms with E-state index in [1.165, 1.54) is 30.3 Å². The predicted octanol–water partition coefficient (Wildman–Crippen LogP) is 3.90. The van der Waals surface area contributed by atoms with Gasteiger partial charge in [-0.05, 0) is 42.8 Å². The van der Waals surface area contributed by atoms with E-state index in [1.807, 2.05) is 13.0 Å². The van der Waals surface area contributed by atoms with Crippen LogP contribution in [0.3, 0.4) is 0 Å². The van der Waals surface area contributed by atoms with E-state index in [0.717, 1.165) is 5.56 Å². The van der Waals surface area contributed by atoms with Crippen LogP contribution < -0.4 is 9.47 Å². The maximum atomic E-state index is 12.1. The van der Waals surface area contributed by atoms with Crippen molar-refractivity contribution >= 4 is 17.5 Å². The third-order valence-electron chi connectivity index (χ3n) is 3.28. The molecule has 2 rings (SSSR count). The summed E-state index contributed by atoms with van der Waals surface area (Å²) < 4.78 is 10.7. The van der Waals surface area contributed by atoms with Crippen LogP contribution in [0.4, 0.5) is 5.69 Å². The van der Waals surface area contributed by atoms with Gasteiger partial charge in [0.2, 0.25) is 0 Å². The molecule has 0 unspecified atom stereocenters. The van der Waals surface area contributed by atoms with Crippen LogP contribution in [0.25, 0.3) is 6.08 Å². The molecule has 0 saturated carbocycles. The number of nitro benzene ring substituents is 1. The van der Waals surface area contributed by atoms with Gasteiger partial charge in [0.25, 0.3) is 5.69 Å². The second-order valence-electron chi connectivity index (χ2n) is 4.84. The highest BCUT2D eigenvalue weighted by Crippen LogP contribution is 2.28. The average Bonchev–Trinajstić information content (AvgIpc) is 2.60. The summed E-state index contributed by atoms with van der Waals surface area (Å²) in [4.78, 5) is 22.2. The molecule has 0 bridgehead atoms. The smallest absolute Gasteiger partial charge is 0.269 e. The number of benzene rings is 2. The Morgan fingerprint density at radius 3 is 2.46 bits per heavy atom. The van der Waals surface area contributed by atoms with Crippen LogP contribution in [0.1, 0.15) is 22.8 Å². The zero-order valence-electron chi connectivity index (χ0n) is 13.4. The van der Waals surface area contributed by atoms with Crippen molar-refractivity contribution in [2.45, 2.75) is 6.92 Å². The number of non-ortho nitro benzene ring substituents is 1. The molecule has 6 heteroatoms. The van der Waals surface area contributed by atoms with Crippen molar-refractivity contribution in [3.8, 4) is 11.5 Å². The molecule has 0 heterocycles. The summed E-state index contributed by atoms with van der Waals surface area (Å²) >= 11 is 0. The topological polar surface area (TPSA) is 78.7 Å². The lowest BCUT2D eigenvalue weighted by molar-refractivity contribution is -0.384. The largest absolute Gasteiger partial charge is 0.493 e. The van der Waals surface area contributed by atoms with Gasteiger partial charge < -0.3 is 9.47 Å². The zero-order valence-corrected chi connectivity index (χ0v) is 13.4. The van der Waals surface area contributed by atoms with Gasteiger partial charge in [-0.15, -0.1) is 0 Å². The summed E-state index contributed by atoms with van der Waals surface area (Å²) in [5.41, 5.74) is 1.12. The standard InChI is InChI=1S/C18H17NO5/c1-3-24-17-11-5-13(12-18(17)23-2)4-10-16(20)14-6-8-15(9-7-14)19(21)22/h4-12H,3H2,1-2H3/b10-4+. The lowest BCUT2D eigenvalue weighted by atomic mass is 10.1. The Balaban J connectivity index is 2.14. The Morgan fingerprint density at radius 1 is 1.17 bits per heavy atom. The van der Waals surface area contributed by atoms with Crippen molar-refractivity contribution in [1.29, 1.82) is 0 Å². The van der Waals surface area contributed by atoms with E-state index in [9.17, 15) is 14.9 Å². The molecule has 0 radical (unpaired) electrons. The maximum absolute atomic E-state index is 12.1. The van der Waals surface area contributed by atoms with E-state index in [4.69, 9.17) is 9.47 Å². The van der Waals surface area contributed by atoms with Crippen LogP contribution in [0.15, 0.2) is 48.5 Å². The van der Waals surface area contributed by atoms with Gasteiger partial charge in [0.05, 0.1) is 18.6 Å². The lowest BCUT2D eigenvalue weighted by Crippen LogP contribution is -1.96. The first-order valence-electron chi connectivity index (χ1n) is 7.33. The third-order valence-corrected chi connectivity index (χ3v) is 3.28. The fourth-order valence-corrected chi connectivity index (χ4v) is 2.08. The molecule has 2 aromatic rings. The minimum Gasteiger partial charge on any atom is -0.493 e. The first kappa shape index (κ1) is 17.2. The molecule has 2 aromatic carbocycles. The first-order valence-corrected chi connectivity index (χ1v) is 7.33. The number of rotatable bonds is 7. The van der Waals surface area contributed by atoms with Crippen molar-refractivity contribution in [2.24, 2.45) is 0 Å². The predicted molar refractivity (Wildman–Crippen MR) is 90.6 cm³/mol. The third kappa shape index (κ3) is 4.19. The van der Waals surface area contributed by atoms with Crippen LogP contribution in [0, 0.1) is 10.1 Å². The van der Waals surface area contributed by atoms with Crippen molar-refractivity contribution in [2.75, 3.05) is 13.7 Å². The SMILES string of the molecule is CCOc1ccc(/C=C/C(=O)c2ccc([N+](=O)[O-])cc2)cc1OC. The van der Waals surface area contributed by atoms with Crippen molar-refractivity contribution < 1.29 is 19.2 Å². The second kappa shape index (κ2) is 7.92. The molecular weight excluding hydrogens is 310 g/mol. The van der Waals surface area contributed by atoms with E-state index in [-0.39, 0.29) is 11.5 Å². The Labute approximate surface area is 139 Å². The zero-order chi connectivity index (χ0) is 17.5. The Bertz CT molecular complexity index is 765. The molecule has 0 atom stereocenters. The van der Waals surface area contributed by atoms with E-state index >= 15 is 0 Å². The van der Waals surface area contributed by atoms with E-state index in [0.29, 0.717) is 23.7 Å². The van der Waals surface area contributed by atoms with Crippen molar-refractivity contribution in [3.63, 3.8) is 0 Å². The average molecular weight is 327 g/mol. The maximum Gasteiger partial charge on any atom is 0.269 e. The summed E-state index contributed by atoms with van der Waals surface area (Å²) in [6, 6.07) is 10.8. The molecule has 0 aliphatic rings. The highest BCUT2D eigenvalue weighted by atomic mass is 16.6. The van der Waals surface area contributed by atoms with E-state index in [2.05, 4.69) is 0 Å². The van der Waals surface area contributed by atoms with Crippen molar-refractivity contribution in [1.82, 2.24) is 0 Å². The normalized spacial score (nSPS) is 10.6. The summed E-state index contributed by atoms with van der Waals surface area (Å²) in [6.07, 6.45) is 3.07. The number of nitro groups is 1. The summed E-state index contributed by atoms with van der Waals surface area (Å²) in [7, 11) is 1.55. The quantitative estimate of drug-likeness (QED) is 0.333. The number of nitrogens with zero attached hydrogens (tertiary/aromatic N) is 1. The van der Waals surface area contributed by atoms with Gasteiger partial charge >= 0.3 is 0 Å². The number of ketones is 1. The summed E-state index contributed by atoms with van der Waals surface area (Å²) in [5.74, 6) is 0.985. The van der Waals surface area contributed by atoms with E-state index in [1.54, 1.807) is 25.3 Å². The summed E-state index contributed by atoms with van der Waals surface area (Å²) in [5, 5.41) is 10.6. The van der Waals surface area contributed by atoms with Gasteiger partial charge in [-0.1, -0.05) is 12.1 Å². The second-order valence-corrected chi connectivity index (χ2v) is 4.84. The molecule has 0 aromatic heterocycles. The lowest BCUT2D eigenvalue weighted by Gasteiger charge is -2.09. The molecule has 124 valence electrons. The van der Waals surface area contributed by atoms with Crippen LogP contribution in [0.5, 0.6) is 11.5 Å². The molecule has 0 aliphatic heterocycles. The van der Waals surface area contributed by atoms with Crippen LogP contribution in [0.2, 0.25) is 0 Å². The number of ether oxygens (including phenoxy) is 2. The summed E-state index contributed by atoms with van der Waals surface area (Å²) in [6.45, 7) is 2.42. The van der Waals surface area contributed by atoms with E-state index < -0.39 is 4.92 Å². The molecular formula is C18H17NO5. The number of carbonyl (C=O) groups excluding carboxylic acids is 1. The number of allylic oxidation sites excluding steroid dienone is 1. The van der Waals surface area contributed by atoms with Gasteiger partial charge in [-0.3, -0.25) is 14.9 Å².